The minimum absolute atomic E-state index is 0.0341. The highest BCUT2D eigenvalue weighted by molar-refractivity contribution is 5.83. The number of aromatic amines is 2. The molecular weight excluding hydrogens is 254 g/mol. The van der Waals surface area contributed by atoms with Gasteiger partial charge in [0.25, 0.3) is 5.56 Å². The van der Waals surface area contributed by atoms with Crippen LogP contribution in [-0.4, -0.2) is 33.0 Å². The fraction of sp³-hybridized carbons (Fsp3) is 0.455. The number of carbonyl (C=O) groups is 2. The Balaban J connectivity index is 2.68. The van der Waals surface area contributed by atoms with Crippen molar-refractivity contribution in [2.75, 3.05) is 0 Å². The van der Waals surface area contributed by atoms with Gasteiger partial charge in [0, 0.05) is 17.7 Å². The number of H-pyrrole nitrogens is 2. The van der Waals surface area contributed by atoms with E-state index in [0.717, 1.165) is 0 Å². The zero-order valence-corrected chi connectivity index (χ0v) is 10.6. The smallest absolute Gasteiger partial charge is 0.325 e. The summed E-state index contributed by atoms with van der Waals surface area (Å²) >= 11 is 0. The van der Waals surface area contributed by atoms with Crippen molar-refractivity contribution in [3.8, 4) is 0 Å². The first-order valence-corrected chi connectivity index (χ1v) is 5.65. The van der Waals surface area contributed by atoms with Gasteiger partial charge in [0.05, 0.1) is 0 Å². The lowest BCUT2D eigenvalue weighted by molar-refractivity contribution is -0.141. The first-order chi connectivity index (χ1) is 8.81. The van der Waals surface area contributed by atoms with Crippen molar-refractivity contribution in [3.63, 3.8) is 0 Å². The summed E-state index contributed by atoms with van der Waals surface area (Å²) in [4.78, 5) is 49.0. The number of aliphatic carboxylic acids is 1. The fourth-order valence-corrected chi connectivity index (χ4v) is 1.54. The fourth-order valence-electron chi connectivity index (χ4n) is 1.54. The Kier molecular flexibility index (Phi) is 4.62. The number of hydrogen-bond acceptors (Lipinski definition) is 4. The van der Waals surface area contributed by atoms with Crippen molar-refractivity contribution in [1.82, 2.24) is 15.3 Å². The summed E-state index contributed by atoms with van der Waals surface area (Å²) in [7, 11) is 0. The first-order valence-electron chi connectivity index (χ1n) is 5.65. The van der Waals surface area contributed by atoms with Crippen LogP contribution in [0.3, 0.4) is 0 Å². The monoisotopic (exact) mass is 269 g/mol. The maximum atomic E-state index is 11.5. The minimum atomic E-state index is -1.13. The average Bonchev–Trinajstić information content (AvgIpc) is 2.27. The number of nitrogens with one attached hydrogen (secondary N) is 3. The molecule has 19 heavy (non-hydrogen) atoms. The summed E-state index contributed by atoms with van der Waals surface area (Å²) in [5.74, 6) is -1.61. The van der Waals surface area contributed by atoms with Gasteiger partial charge < -0.3 is 15.4 Å². The van der Waals surface area contributed by atoms with Gasteiger partial charge in [0.2, 0.25) is 5.91 Å². The van der Waals surface area contributed by atoms with Crippen LogP contribution in [0.25, 0.3) is 0 Å². The highest BCUT2D eigenvalue weighted by Crippen LogP contribution is 2.00. The van der Waals surface area contributed by atoms with Crippen molar-refractivity contribution in [3.05, 3.63) is 32.1 Å². The van der Waals surface area contributed by atoms with Crippen LogP contribution in [0.5, 0.6) is 0 Å². The molecule has 0 fully saturated rings. The number of aromatic nitrogens is 2. The molecule has 1 atom stereocenters. The van der Waals surface area contributed by atoms with Crippen molar-refractivity contribution in [2.45, 2.75) is 32.7 Å². The van der Waals surface area contributed by atoms with E-state index >= 15 is 0 Å². The van der Waals surface area contributed by atoms with E-state index in [4.69, 9.17) is 5.11 Å². The van der Waals surface area contributed by atoms with Crippen LogP contribution >= 0.6 is 0 Å². The molecule has 0 saturated heterocycles. The van der Waals surface area contributed by atoms with Gasteiger partial charge in [-0.1, -0.05) is 0 Å². The van der Waals surface area contributed by atoms with Gasteiger partial charge in [-0.15, -0.1) is 0 Å². The highest BCUT2D eigenvalue weighted by Gasteiger charge is 2.15. The second-order valence-electron chi connectivity index (χ2n) is 4.14. The van der Waals surface area contributed by atoms with Crippen LogP contribution in [0.2, 0.25) is 0 Å². The van der Waals surface area contributed by atoms with Gasteiger partial charge in [-0.05, 0) is 20.3 Å². The van der Waals surface area contributed by atoms with Gasteiger partial charge in [-0.2, -0.15) is 0 Å². The Labute approximate surface area is 107 Å². The molecule has 0 bridgehead atoms. The van der Waals surface area contributed by atoms with Crippen molar-refractivity contribution < 1.29 is 14.7 Å². The Morgan fingerprint density at radius 3 is 2.47 bits per heavy atom. The molecule has 4 N–H and O–H groups in total. The molecule has 104 valence electrons. The first kappa shape index (κ1) is 14.7. The van der Waals surface area contributed by atoms with Gasteiger partial charge in [0.1, 0.15) is 6.04 Å². The molecule has 0 unspecified atom stereocenters. The second-order valence-corrected chi connectivity index (χ2v) is 4.14. The molecule has 1 heterocycles. The lowest BCUT2D eigenvalue weighted by atomic mass is 10.1. The number of amides is 1. The maximum absolute atomic E-state index is 11.5. The lowest BCUT2D eigenvalue weighted by Crippen LogP contribution is -2.38. The Bertz CT molecular complexity index is 601. The topological polar surface area (TPSA) is 132 Å². The van der Waals surface area contributed by atoms with E-state index in [1.807, 2.05) is 0 Å². The Morgan fingerprint density at radius 2 is 1.95 bits per heavy atom. The van der Waals surface area contributed by atoms with E-state index < -0.39 is 29.2 Å². The van der Waals surface area contributed by atoms with E-state index in [1.165, 1.54) is 6.92 Å². The molecule has 0 saturated carbocycles. The maximum Gasteiger partial charge on any atom is 0.325 e. The van der Waals surface area contributed by atoms with Gasteiger partial charge in [0.15, 0.2) is 0 Å². The van der Waals surface area contributed by atoms with E-state index in [9.17, 15) is 19.2 Å². The number of carbonyl (C=O) groups excluding carboxylic acids is 1. The Morgan fingerprint density at radius 1 is 1.32 bits per heavy atom. The summed E-state index contributed by atoms with van der Waals surface area (Å²) in [5.41, 5.74) is -0.443. The predicted molar refractivity (Wildman–Crippen MR) is 66.0 cm³/mol. The minimum Gasteiger partial charge on any atom is -0.480 e. The van der Waals surface area contributed by atoms with Crippen molar-refractivity contribution in [2.24, 2.45) is 0 Å². The molecule has 0 radical (unpaired) electrons. The normalized spacial score (nSPS) is 11.9. The number of carboxylic acid groups (broad SMARTS) is 1. The third-order valence-corrected chi connectivity index (χ3v) is 2.60. The molecular formula is C11H15N3O5. The number of aryl methyl sites for hydroxylation is 1. The van der Waals surface area contributed by atoms with Crippen molar-refractivity contribution in [1.29, 1.82) is 0 Å². The number of hydrogen-bond donors (Lipinski definition) is 4. The molecule has 8 nitrogen and oxygen atoms in total. The third-order valence-electron chi connectivity index (χ3n) is 2.60. The average molecular weight is 269 g/mol. The van der Waals surface area contributed by atoms with E-state index in [2.05, 4.69) is 15.3 Å². The van der Waals surface area contributed by atoms with E-state index in [-0.39, 0.29) is 12.8 Å². The summed E-state index contributed by atoms with van der Waals surface area (Å²) in [6, 6.07) is -0.984. The molecule has 0 aliphatic heterocycles. The molecule has 1 rings (SSSR count). The summed E-state index contributed by atoms with van der Waals surface area (Å²) in [6.45, 7) is 2.90. The van der Waals surface area contributed by atoms with Crippen LogP contribution in [0.1, 0.15) is 24.6 Å². The number of carboxylic acids is 1. The Hall–Kier alpha value is -2.38. The van der Waals surface area contributed by atoms with Gasteiger partial charge in [-0.3, -0.25) is 19.4 Å². The summed E-state index contributed by atoms with van der Waals surface area (Å²) < 4.78 is 0. The molecule has 8 heteroatoms. The molecule has 0 spiro atoms. The van der Waals surface area contributed by atoms with E-state index in [1.54, 1.807) is 6.92 Å². The van der Waals surface area contributed by atoms with Crippen LogP contribution in [0.4, 0.5) is 0 Å². The van der Waals surface area contributed by atoms with E-state index in [0.29, 0.717) is 11.3 Å². The van der Waals surface area contributed by atoms with Crippen LogP contribution in [0.15, 0.2) is 9.59 Å². The lowest BCUT2D eigenvalue weighted by Gasteiger charge is -2.09. The summed E-state index contributed by atoms with van der Waals surface area (Å²) in [5, 5.41) is 10.9. The predicted octanol–water partition coefficient (Wildman–Crippen LogP) is -1.11. The summed E-state index contributed by atoms with van der Waals surface area (Å²) in [6.07, 6.45) is 0.0870. The van der Waals surface area contributed by atoms with Crippen LogP contribution < -0.4 is 16.6 Å². The van der Waals surface area contributed by atoms with Gasteiger partial charge >= 0.3 is 11.7 Å². The molecule has 0 aliphatic rings. The van der Waals surface area contributed by atoms with Crippen molar-refractivity contribution >= 4 is 11.9 Å². The standard InChI is InChI=1S/C11H15N3O5/c1-5-7(9(16)14-11(19)13-5)3-4-8(15)12-6(2)10(17)18/h6H,3-4H2,1-2H3,(H,12,15)(H,17,18)(H2,13,14,16,19)/t6-/m1/s1. The highest BCUT2D eigenvalue weighted by atomic mass is 16.4. The molecule has 1 amide bonds. The second kappa shape index (κ2) is 5.98. The number of rotatable bonds is 5. The SMILES string of the molecule is Cc1[nH]c(=O)[nH]c(=O)c1CCC(=O)N[C@H](C)C(=O)O. The molecule has 0 aliphatic carbocycles. The van der Waals surface area contributed by atoms with Gasteiger partial charge in [-0.25, -0.2) is 4.79 Å². The quantitative estimate of drug-likeness (QED) is 0.538. The molecule has 1 aromatic heterocycles. The molecule has 0 aromatic carbocycles. The zero-order valence-electron chi connectivity index (χ0n) is 10.6. The largest absolute Gasteiger partial charge is 0.480 e. The van der Waals surface area contributed by atoms with Crippen LogP contribution in [0, 0.1) is 6.92 Å². The third kappa shape index (κ3) is 4.09. The molecule has 1 aromatic rings. The zero-order chi connectivity index (χ0) is 14.6. The van der Waals surface area contributed by atoms with Crippen LogP contribution in [-0.2, 0) is 16.0 Å².